The molecule has 0 saturated heterocycles. The zero-order valence-corrected chi connectivity index (χ0v) is 12.5. The lowest BCUT2D eigenvalue weighted by molar-refractivity contribution is -0.137. The smallest absolute Gasteiger partial charge is 0.385 e. The molecule has 2 rings (SSSR count). The number of methoxy groups -OCH3 is 1. The molecule has 0 N–H and O–H groups in total. The van der Waals surface area contributed by atoms with Crippen molar-refractivity contribution in [1.82, 2.24) is 9.55 Å². The zero-order chi connectivity index (χ0) is 15.6. The summed E-state index contributed by atoms with van der Waals surface area (Å²) in [6, 6.07) is 3.62. The molecular weight excluding hydrogens is 305 g/mol. The van der Waals surface area contributed by atoms with Crippen LogP contribution in [0, 0.1) is 0 Å². The van der Waals surface area contributed by atoms with Gasteiger partial charge in [-0.1, -0.05) is 0 Å². The van der Waals surface area contributed by atoms with Crippen LogP contribution in [0.1, 0.15) is 30.8 Å². The molecule has 116 valence electrons. The molecule has 21 heavy (non-hydrogen) atoms. The number of ether oxygens (including phenoxy) is 1. The van der Waals surface area contributed by atoms with Crippen molar-refractivity contribution in [2.75, 3.05) is 13.7 Å². The van der Waals surface area contributed by atoms with Crippen molar-refractivity contribution in [2.45, 2.75) is 31.4 Å². The molecule has 0 fully saturated rings. The zero-order valence-electron chi connectivity index (χ0n) is 11.7. The number of aromatic nitrogens is 2. The van der Waals surface area contributed by atoms with Gasteiger partial charge in [0.15, 0.2) is 0 Å². The third-order valence-electron chi connectivity index (χ3n) is 3.39. The predicted molar refractivity (Wildman–Crippen MR) is 75.5 cm³/mol. The van der Waals surface area contributed by atoms with Gasteiger partial charge in [-0.15, -0.1) is 11.6 Å². The average Bonchev–Trinajstić information content (AvgIpc) is 2.81. The van der Waals surface area contributed by atoms with Crippen LogP contribution in [-0.2, 0) is 16.8 Å². The van der Waals surface area contributed by atoms with Crippen LogP contribution in [0.2, 0.25) is 0 Å². The van der Waals surface area contributed by atoms with Gasteiger partial charge in [-0.3, -0.25) is 0 Å². The third-order valence-corrected chi connectivity index (χ3v) is 3.63. The van der Waals surface area contributed by atoms with E-state index in [2.05, 4.69) is 4.98 Å². The molecule has 0 saturated carbocycles. The van der Waals surface area contributed by atoms with Crippen molar-refractivity contribution in [1.29, 1.82) is 0 Å². The Kier molecular flexibility index (Phi) is 4.78. The molecule has 3 nitrogen and oxygen atoms in total. The van der Waals surface area contributed by atoms with Crippen LogP contribution in [0.25, 0.3) is 11.0 Å². The SMILES string of the molecule is COCCC(C)n1c(CCl)nc2cc(C(F)(F)F)ccc21. The predicted octanol–water partition coefficient (Wildman–Crippen LogP) is 4.39. The largest absolute Gasteiger partial charge is 0.416 e. The lowest BCUT2D eigenvalue weighted by Gasteiger charge is -2.16. The fraction of sp³-hybridized carbons (Fsp3) is 0.500. The number of alkyl halides is 4. The molecule has 7 heteroatoms. The van der Waals surface area contributed by atoms with Crippen LogP contribution in [0.5, 0.6) is 0 Å². The molecule has 0 radical (unpaired) electrons. The van der Waals surface area contributed by atoms with Crippen molar-refractivity contribution in [3.05, 3.63) is 29.6 Å². The summed E-state index contributed by atoms with van der Waals surface area (Å²) in [5, 5.41) is 0. The van der Waals surface area contributed by atoms with Crippen LogP contribution in [0.3, 0.4) is 0 Å². The maximum absolute atomic E-state index is 12.8. The van der Waals surface area contributed by atoms with Gasteiger partial charge >= 0.3 is 6.18 Å². The van der Waals surface area contributed by atoms with Gasteiger partial charge in [0.1, 0.15) is 5.82 Å². The number of hydrogen-bond donors (Lipinski definition) is 0. The Morgan fingerprint density at radius 1 is 1.38 bits per heavy atom. The Hall–Kier alpha value is -1.27. The van der Waals surface area contributed by atoms with E-state index in [-0.39, 0.29) is 11.9 Å². The number of halogens is 4. The molecule has 0 spiro atoms. The van der Waals surface area contributed by atoms with Gasteiger partial charge in [0.2, 0.25) is 0 Å². The Morgan fingerprint density at radius 2 is 2.10 bits per heavy atom. The highest BCUT2D eigenvalue weighted by Gasteiger charge is 2.31. The van der Waals surface area contributed by atoms with Crippen LogP contribution in [-0.4, -0.2) is 23.3 Å². The van der Waals surface area contributed by atoms with E-state index in [1.807, 2.05) is 11.5 Å². The van der Waals surface area contributed by atoms with Gasteiger partial charge in [0.25, 0.3) is 0 Å². The van der Waals surface area contributed by atoms with Crippen molar-refractivity contribution >= 4 is 22.6 Å². The second-order valence-corrected chi connectivity index (χ2v) is 5.13. The number of nitrogens with zero attached hydrogens (tertiary/aromatic N) is 2. The van der Waals surface area contributed by atoms with Gasteiger partial charge in [0, 0.05) is 19.8 Å². The minimum atomic E-state index is -4.37. The summed E-state index contributed by atoms with van der Waals surface area (Å²) in [7, 11) is 1.61. The molecule has 1 heterocycles. The Labute approximate surface area is 125 Å². The molecule has 1 aromatic heterocycles. The number of imidazole rings is 1. The summed E-state index contributed by atoms with van der Waals surface area (Å²) >= 11 is 5.87. The number of benzene rings is 1. The lowest BCUT2D eigenvalue weighted by atomic mass is 10.1. The standard InChI is InChI=1S/C14H16ClF3N2O/c1-9(5-6-21-2)20-12-4-3-10(14(16,17)18)7-11(12)19-13(20)8-15/h3-4,7,9H,5-6,8H2,1-2H3. The summed E-state index contributed by atoms with van der Waals surface area (Å²) in [4.78, 5) is 4.22. The number of rotatable bonds is 5. The van der Waals surface area contributed by atoms with Crippen LogP contribution >= 0.6 is 11.6 Å². The molecule has 0 aliphatic heterocycles. The first-order valence-corrected chi connectivity index (χ1v) is 7.05. The first-order chi connectivity index (χ1) is 9.88. The topological polar surface area (TPSA) is 27.1 Å². The maximum atomic E-state index is 12.8. The van der Waals surface area contributed by atoms with E-state index in [1.54, 1.807) is 7.11 Å². The van der Waals surface area contributed by atoms with Gasteiger partial charge in [0.05, 0.1) is 22.5 Å². The third kappa shape index (κ3) is 3.32. The normalized spacial score (nSPS) is 13.8. The molecule has 1 atom stereocenters. The summed E-state index contributed by atoms with van der Waals surface area (Å²) in [5.41, 5.74) is 0.261. The monoisotopic (exact) mass is 320 g/mol. The van der Waals surface area contributed by atoms with Gasteiger partial charge in [-0.25, -0.2) is 4.98 Å². The first-order valence-electron chi connectivity index (χ1n) is 6.51. The van der Waals surface area contributed by atoms with Gasteiger partial charge < -0.3 is 9.30 Å². The Morgan fingerprint density at radius 3 is 2.67 bits per heavy atom. The first kappa shape index (κ1) is 16.1. The highest BCUT2D eigenvalue weighted by atomic mass is 35.5. The van der Waals surface area contributed by atoms with Gasteiger partial charge in [-0.2, -0.15) is 13.2 Å². The number of hydrogen-bond acceptors (Lipinski definition) is 2. The van der Waals surface area contributed by atoms with E-state index in [4.69, 9.17) is 16.3 Å². The summed E-state index contributed by atoms with van der Waals surface area (Å²) in [6.07, 6.45) is -3.65. The maximum Gasteiger partial charge on any atom is 0.416 e. The van der Waals surface area contributed by atoms with Gasteiger partial charge in [-0.05, 0) is 31.5 Å². The Balaban J connectivity index is 2.49. The highest BCUT2D eigenvalue weighted by molar-refractivity contribution is 6.16. The quantitative estimate of drug-likeness (QED) is 0.764. The van der Waals surface area contributed by atoms with Crippen LogP contribution < -0.4 is 0 Å². The van der Waals surface area contributed by atoms with E-state index in [1.165, 1.54) is 6.07 Å². The van der Waals surface area contributed by atoms with Crippen LogP contribution in [0.4, 0.5) is 13.2 Å². The molecule has 1 aromatic carbocycles. The van der Waals surface area contributed by atoms with E-state index >= 15 is 0 Å². The molecule has 0 aliphatic carbocycles. The fourth-order valence-corrected chi connectivity index (χ4v) is 2.52. The summed E-state index contributed by atoms with van der Waals surface area (Å²) in [6.45, 7) is 2.52. The molecule has 0 amide bonds. The second kappa shape index (κ2) is 6.23. The van der Waals surface area contributed by atoms with E-state index in [0.717, 1.165) is 18.6 Å². The van der Waals surface area contributed by atoms with Crippen molar-refractivity contribution in [3.8, 4) is 0 Å². The fourth-order valence-electron chi connectivity index (χ4n) is 2.33. The number of fused-ring (bicyclic) bond motifs is 1. The van der Waals surface area contributed by atoms with Crippen LogP contribution in [0.15, 0.2) is 18.2 Å². The van der Waals surface area contributed by atoms with Crippen molar-refractivity contribution in [3.63, 3.8) is 0 Å². The lowest BCUT2D eigenvalue weighted by Crippen LogP contribution is -2.11. The van der Waals surface area contributed by atoms with Crippen molar-refractivity contribution in [2.24, 2.45) is 0 Å². The molecule has 2 aromatic rings. The molecule has 0 aliphatic rings. The summed E-state index contributed by atoms with van der Waals surface area (Å²) < 4.78 is 45.2. The molecular formula is C14H16ClF3N2O. The van der Waals surface area contributed by atoms with E-state index < -0.39 is 11.7 Å². The minimum Gasteiger partial charge on any atom is -0.385 e. The molecule has 0 bridgehead atoms. The Bertz CT molecular complexity index is 624. The average molecular weight is 321 g/mol. The van der Waals surface area contributed by atoms with Crippen molar-refractivity contribution < 1.29 is 17.9 Å². The van der Waals surface area contributed by atoms with E-state index in [0.29, 0.717) is 23.5 Å². The molecule has 1 unspecified atom stereocenters. The highest BCUT2D eigenvalue weighted by Crippen LogP contribution is 2.32. The summed E-state index contributed by atoms with van der Waals surface area (Å²) in [5.74, 6) is 0.711. The van der Waals surface area contributed by atoms with E-state index in [9.17, 15) is 13.2 Å². The second-order valence-electron chi connectivity index (χ2n) is 4.86. The minimum absolute atomic E-state index is 0.0421.